The summed E-state index contributed by atoms with van der Waals surface area (Å²) in [6.45, 7) is 4.56. The van der Waals surface area contributed by atoms with Crippen molar-refractivity contribution < 1.29 is 9.15 Å². The van der Waals surface area contributed by atoms with Gasteiger partial charge in [-0.3, -0.25) is 14.6 Å². The molecule has 0 spiro atoms. The van der Waals surface area contributed by atoms with E-state index in [0.29, 0.717) is 13.2 Å². The van der Waals surface area contributed by atoms with Gasteiger partial charge in [0.05, 0.1) is 32.2 Å². The summed E-state index contributed by atoms with van der Waals surface area (Å²) < 4.78 is 13.3. The Morgan fingerprint density at radius 2 is 2.06 bits per heavy atom. The van der Waals surface area contributed by atoms with Crippen molar-refractivity contribution in [3.05, 3.63) is 77.5 Å². The van der Waals surface area contributed by atoms with Crippen molar-refractivity contribution in [2.75, 3.05) is 33.8 Å². The number of hydrogen-bond donors (Lipinski definition) is 1. The van der Waals surface area contributed by atoms with Crippen molar-refractivity contribution in [1.82, 2.24) is 24.9 Å². The van der Waals surface area contributed by atoms with E-state index in [1.165, 1.54) is 11.1 Å². The highest BCUT2D eigenvalue weighted by Crippen LogP contribution is 2.22. The Hall–Kier alpha value is -3.10. The van der Waals surface area contributed by atoms with Gasteiger partial charge >= 0.3 is 0 Å². The van der Waals surface area contributed by atoms with Gasteiger partial charge in [-0.15, -0.1) is 0 Å². The van der Waals surface area contributed by atoms with Crippen molar-refractivity contribution >= 4 is 5.96 Å². The first-order valence-corrected chi connectivity index (χ1v) is 11.0. The molecule has 2 aromatic heterocycles. The smallest absolute Gasteiger partial charge is 0.194 e. The number of ether oxygens (including phenoxy) is 1. The molecule has 1 atom stereocenters. The second-order valence-electron chi connectivity index (χ2n) is 8.17. The third-order valence-electron chi connectivity index (χ3n) is 5.68. The predicted octanol–water partition coefficient (Wildman–Crippen LogP) is 2.79. The maximum atomic E-state index is 5.98. The Balaban J connectivity index is 1.37. The lowest BCUT2D eigenvalue weighted by molar-refractivity contribution is -0.00805. The number of rotatable bonds is 7. The van der Waals surface area contributed by atoms with Gasteiger partial charge in [0.2, 0.25) is 0 Å². The first-order chi connectivity index (χ1) is 15.6. The van der Waals surface area contributed by atoms with Crippen LogP contribution < -0.4 is 5.32 Å². The second-order valence-corrected chi connectivity index (χ2v) is 8.17. The van der Waals surface area contributed by atoms with Gasteiger partial charge in [-0.05, 0) is 30.3 Å². The minimum atomic E-state index is -0.00136. The Morgan fingerprint density at radius 1 is 1.22 bits per heavy atom. The third-order valence-corrected chi connectivity index (χ3v) is 5.68. The lowest BCUT2D eigenvalue weighted by atomic mass is 10.1. The molecule has 0 amide bonds. The fourth-order valence-corrected chi connectivity index (χ4v) is 4.06. The second kappa shape index (κ2) is 10.5. The summed E-state index contributed by atoms with van der Waals surface area (Å²) in [5, 5.41) is 7.83. The summed E-state index contributed by atoms with van der Waals surface area (Å²) in [4.78, 5) is 9.05. The topological polar surface area (TPSA) is 71.1 Å². The molecule has 1 aliphatic heterocycles. The van der Waals surface area contributed by atoms with Crippen LogP contribution in [0.1, 0.15) is 28.6 Å². The number of furan rings is 1. The molecule has 0 aliphatic carbocycles. The van der Waals surface area contributed by atoms with Crippen LogP contribution in [0, 0.1) is 0 Å². The fourth-order valence-electron chi connectivity index (χ4n) is 4.06. The van der Waals surface area contributed by atoms with E-state index in [0.717, 1.165) is 43.5 Å². The fraction of sp³-hybridized carbons (Fsp3) is 0.417. The minimum Gasteiger partial charge on any atom is -0.468 e. The van der Waals surface area contributed by atoms with Gasteiger partial charge in [0.25, 0.3) is 0 Å². The number of morpholine rings is 1. The number of aryl methyl sites for hydroxylation is 1. The van der Waals surface area contributed by atoms with Crippen LogP contribution in [0.25, 0.3) is 0 Å². The van der Waals surface area contributed by atoms with Crippen LogP contribution in [-0.4, -0.2) is 59.3 Å². The standard InChI is InChI=1S/C24H32N6O2/c1-25-24(30-10-12-32-23(18-30)21-14-27-29(3)16-21)26-13-19-7-4-5-8-20(19)15-28(2)17-22-9-6-11-31-22/h4-9,11,14,16,23H,10,12-13,15,17-18H2,1-3H3,(H,25,26). The third kappa shape index (κ3) is 5.57. The average Bonchev–Trinajstić information content (AvgIpc) is 3.47. The van der Waals surface area contributed by atoms with Gasteiger partial charge in [-0.1, -0.05) is 24.3 Å². The zero-order valence-corrected chi connectivity index (χ0v) is 19.1. The highest BCUT2D eigenvalue weighted by atomic mass is 16.5. The zero-order chi connectivity index (χ0) is 22.3. The molecule has 8 heteroatoms. The number of nitrogens with zero attached hydrogens (tertiary/aromatic N) is 5. The molecule has 1 saturated heterocycles. The molecule has 1 aliphatic rings. The zero-order valence-electron chi connectivity index (χ0n) is 19.1. The van der Waals surface area contributed by atoms with Crippen LogP contribution in [-0.2, 0) is 31.4 Å². The van der Waals surface area contributed by atoms with E-state index >= 15 is 0 Å². The van der Waals surface area contributed by atoms with E-state index in [-0.39, 0.29) is 6.10 Å². The molecule has 32 heavy (non-hydrogen) atoms. The predicted molar refractivity (Wildman–Crippen MR) is 124 cm³/mol. The van der Waals surface area contributed by atoms with E-state index < -0.39 is 0 Å². The van der Waals surface area contributed by atoms with Gasteiger partial charge in [-0.25, -0.2) is 0 Å². The maximum absolute atomic E-state index is 5.98. The summed E-state index contributed by atoms with van der Waals surface area (Å²) >= 11 is 0. The summed E-state index contributed by atoms with van der Waals surface area (Å²) in [7, 11) is 5.87. The molecular weight excluding hydrogens is 404 g/mol. The van der Waals surface area contributed by atoms with Gasteiger partial charge in [0.15, 0.2) is 5.96 Å². The highest BCUT2D eigenvalue weighted by Gasteiger charge is 2.25. The minimum absolute atomic E-state index is 0.00136. The van der Waals surface area contributed by atoms with Crippen LogP contribution in [0.3, 0.4) is 0 Å². The summed E-state index contributed by atoms with van der Waals surface area (Å²) in [5.41, 5.74) is 3.65. The Kier molecular flexibility index (Phi) is 7.24. The molecule has 0 radical (unpaired) electrons. The van der Waals surface area contributed by atoms with Crippen molar-refractivity contribution in [3.63, 3.8) is 0 Å². The molecule has 4 rings (SSSR count). The first kappa shape index (κ1) is 22.1. The number of hydrogen-bond acceptors (Lipinski definition) is 5. The van der Waals surface area contributed by atoms with Crippen LogP contribution >= 0.6 is 0 Å². The van der Waals surface area contributed by atoms with Gasteiger partial charge in [-0.2, -0.15) is 5.10 Å². The molecule has 8 nitrogen and oxygen atoms in total. The summed E-state index contributed by atoms with van der Waals surface area (Å²) in [6, 6.07) is 12.5. The lowest BCUT2D eigenvalue weighted by Crippen LogP contribution is -2.48. The molecule has 0 saturated carbocycles. The number of guanidine groups is 1. The van der Waals surface area contributed by atoms with E-state index in [1.54, 1.807) is 6.26 Å². The Morgan fingerprint density at radius 3 is 2.78 bits per heavy atom. The Bertz CT molecular complexity index is 1010. The number of aromatic nitrogens is 2. The molecule has 3 heterocycles. The van der Waals surface area contributed by atoms with Gasteiger partial charge < -0.3 is 19.4 Å². The van der Waals surface area contributed by atoms with Crippen LogP contribution in [0.4, 0.5) is 0 Å². The molecular formula is C24H32N6O2. The largest absolute Gasteiger partial charge is 0.468 e. The summed E-state index contributed by atoms with van der Waals surface area (Å²) in [6.07, 6.45) is 5.61. The van der Waals surface area contributed by atoms with Crippen molar-refractivity contribution in [3.8, 4) is 0 Å². The summed E-state index contributed by atoms with van der Waals surface area (Å²) in [5.74, 6) is 1.86. The highest BCUT2D eigenvalue weighted by molar-refractivity contribution is 5.80. The van der Waals surface area contributed by atoms with E-state index in [4.69, 9.17) is 9.15 Å². The lowest BCUT2D eigenvalue weighted by Gasteiger charge is -2.35. The maximum Gasteiger partial charge on any atom is 0.194 e. The average molecular weight is 437 g/mol. The normalized spacial score (nSPS) is 17.2. The number of benzene rings is 1. The Labute approximate surface area is 189 Å². The van der Waals surface area contributed by atoms with E-state index in [9.17, 15) is 0 Å². The molecule has 1 N–H and O–H groups in total. The van der Waals surface area contributed by atoms with Gasteiger partial charge in [0.1, 0.15) is 11.9 Å². The van der Waals surface area contributed by atoms with Crippen molar-refractivity contribution in [2.45, 2.75) is 25.7 Å². The molecule has 1 unspecified atom stereocenters. The van der Waals surface area contributed by atoms with Crippen molar-refractivity contribution in [1.29, 1.82) is 0 Å². The molecule has 0 bridgehead atoms. The van der Waals surface area contributed by atoms with Gasteiger partial charge in [0, 0.05) is 45.5 Å². The van der Waals surface area contributed by atoms with Crippen LogP contribution in [0.2, 0.25) is 0 Å². The molecule has 170 valence electrons. The quantitative estimate of drug-likeness (QED) is 0.454. The van der Waals surface area contributed by atoms with Crippen LogP contribution in [0.15, 0.2) is 64.5 Å². The first-order valence-electron chi connectivity index (χ1n) is 11.0. The molecule has 1 fully saturated rings. The van der Waals surface area contributed by atoms with Crippen LogP contribution in [0.5, 0.6) is 0 Å². The SMILES string of the molecule is CN=C(NCc1ccccc1CN(C)Cc1ccco1)N1CCOC(c2cnn(C)c2)C1. The van der Waals surface area contributed by atoms with Crippen molar-refractivity contribution in [2.24, 2.45) is 12.0 Å². The van der Waals surface area contributed by atoms with E-state index in [1.807, 2.05) is 43.3 Å². The molecule has 3 aromatic rings. The monoisotopic (exact) mass is 436 g/mol. The van der Waals surface area contributed by atoms with E-state index in [2.05, 4.69) is 56.5 Å². The number of aliphatic imine (C=N–C) groups is 1. The molecule has 1 aromatic carbocycles. The number of nitrogens with one attached hydrogen (secondary N) is 1.